The molecule has 5 heteroatoms. The maximum absolute atomic E-state index is 12.2. The number of ketones is 1. The van der Waals surface area contributed by atoms with E-state index in [2.05, 4.69) is 5.32 Å². The van der Waals surface area contributed by atoms with Crippen molar-refractivity contribution in [1.82, 2.24) is 5.32 Å². The number of rotatable bonds is 9. The molecule has 1 aromatic carbocycles. The molecule has 0 spiro atoms. The molecule has 24 heavy (non-hydrogen) atoms. The van der Waals surface area contributed by atoms with E-state index in [9.17, 15) is 14.4 Å². The molecule has 0 aliphatic heterocycles. The van der Waals surface area contributed by atoms with Crippen LogP contribution in [-0.4, -0.2) is 28.8 Å². The van der Waals surface area contributed by atoms with Crippen LogP contribution in [0.5, 0.6) is 0 Å². The van der Waals surface area contributed by atoms with Crippen molar-refractivity contribution in [3.05, 3.63) is 34.9 Å². The summed E-state index contributed by atoms with van der Waals surface area (Å²) < 4.78 is 0. The van der Waals surface area contributed by atoms with E-state index < -0.39 is 12.0 Å². The monoisotopic (exact) mass is 331 g/mol. The molecule has 0 heterocycles. The number of carboxylic acids is 1. The SMILES string of the molecule is CCCC[C@H](NC(=O)CCC(=O)c1ccc2c(c1)CCC2)C(=O)O. The molecule has 2 rings (SSSR count). The molecule has 130 valence electrons. The van der Waals surface area contributed by atoms with Crippen LogP contribution in [0.15, 0.2) is 18.2 Å². The number of carbonyl (C=O) groups is 3. The topological polar surface area (TPSA) is 83.5 Å². The van der Waals surface area contributed by atoms with E-state index in [-0.39, 0.29) is 24.5 Å². The minimum absolute atomic E-state index is 0.0197. The molecular weight excluding hydrogens is 306 g/mol. The second kappa shape index (κ2) is 8.62. The summed E-state index contributed by atoms with van der Waals surface area (Å²) in [5.41, 5.74) is 3.18. The van der Waals surface area contributed by atoms with Crippen LogP contribution in [0.2, 0.25) is 0 Å². The number of benzene rings is 1. The van der Waals surface area contributed by atoms with Gasteiger partial charge in [0.2, 0.25) is 5.91 Å². The number of aryl methyl sites for hydroxylation is 2. The van der Waals surface area contributed by atoms with Crippen LogP contribution in [0.3, 0.4) is 0 Å². The Morgan fingerprint density at radius 1 is 1.17 bits per heavy atom. The summed E-state index contributed by atoms with van der Waals surface area (Å²) in [5.74, 6) is -1.48. The fourth-order valence-corrected chi connectivity index (χ4v) is 3.05. The quantitative estimate of drug-likeness (QED) is 0.682. The van der Waals surface area contributed by atoms with E-state index in [0.717, 1.165) is 32.1 Å². The van der Waals surface area contributed by atoms with Crippen molar-refractivity contribution in [2.24, 2.45) is 0 Å². The summed E-state index contributed by atoms with van der Waals surface area (Å²) in [6.45, 7) is 1.97. The largest absolute Gasteiger partial charge is 0.480 e. The molecule has 0 radical (unpaired) electrons. The summed E-state index contributed by atoms with van der Waals surface area (Å²) >= 11 is 0. The van der Waals surface area contributed by atoms with E-state index in [1.807, 2.05) is 25.1 Å². The Balaban J connectivity index is 1.84. The van der Waals surface area contributed by atoms with Gasteiger partial charge in [-0.15, -0.1) is 0 Å². The number of unbranched alkanes of at least 4 members (excludes halogenated alkanes) is 1. The molecular formula is C19H25NO4. The molecule has 1 atom stereocenters. The smallest absolute Gasteiger partial charge is 0.326 e. The summed E-state index contributed by atoms with van der Waals surface area (Å²) in [5, 5.41) is 11.6. The second-order valence-electron chi connectivity index (χ2n) is 6.36. The van der Waals surface area contributed by atoms with Crippen molar-refractivity contribution in [3.63, 3.8) is 0 Å². The third kappa shape index (κ3) is 4.91. The van der Waals surface area contributed by atoms with E-state index in [4.69, 9.17) is 5.11 Å². The van der Waals surface area contributed by atoms with Crippen molar-refractivity contribution in [3.8, 4) is 0 Å². The highest BCUT2D eigenvalue weighted by atomic mass is 16.4. The zero-order chi connectivity index (χ0) is 17.5. The van der Waals surface area contributed by atoms with Gasteiger partial charge in [0.05, 0.1) is 0 Å². The number of nitrogens with one attached hydrogen (secondary N) is 1. The van der Waals surface area contributed by atoms with Gasteiger partial charge in [0, 0.05) is 18.4 Å². The van der Waals surface area contributed by atoms with E-state index in [1.54, 1.807) is 0 Å². The molecule has 1 aromatic rings. The lowest BCUT2D eigenvalue weighted by molar-refractivity contribution is -0.142. The molecule has 5 nitrogen and oxygen atoms in total. The molecule has 1 aliphatic carbocycles. The summed E-state index contributed by atoms with van der Waals surface area (Å²) in [4.78, 5) is 35.3. The van der Waals surface area contributed by atoms with E-state index in [1.165, 1.54) is 11.1 Å². The first-order chi connectivity index (χ1) is 11.5. The van der Waals surface area contributed by atoms with Crippen molar-refractivity contribution >= 4 is 17.7 Å². The van der Waals surface area contributed by atoms with Crippen LogP contribution in [0.25, 0.3) is 0 Å². The average molecular weight is 331 g/mol. The Morgan fingerprint density at radius 2 is 1.92 bits per heavy atom. The minimum Gasteiger partial charge on any atom is -0.480 e. The molecule has 0 saturated carbocycles. The van der Waals surface area contributed by atoms with Gasteiger partial charge in [-0.05, 0) is 42.9 Å². The Kier molecular flexibility index (Phi) is 6.53. The molecule has 0 saturated heterocycles. The van der Waals surface area contributed by atoms with Gasteiger partial charge in [0.25, 0.3) is 0 Å². The van der Waals surface area contributed by atoms with Crippen LogP contribution in [0, 0.1) is 0 Å². The lowest BCUT2D eigenvalue weighted by Gasteiger charge is -2.14. The summed E-state index contributed by atoms with van der Waals surface area (Å²) in [7, 11) is 0. The molecule has 1 amide bonds. The fourth-order valence-electron chi connectivity index (χ4n) is 3.05. The minimum atomic E-state index is -1.03. The maximum Gasteiger partial charge on any atom is 0.326 e. The first-order valence-electron chi connectivity index (χ1n) is 8.68. The highest BCUT2D eigenvalue weighted by molar-refractivity contribution is 5.98. The lowest BCUT2D eigenvalue weighted by atomic mass is 10.0. The van der Waals surface area contributed by atoms with Crippen LogP contribution in [0.4, 0.5) is 0 Å². The van der Waals surface area contributed by atoms with Gasteiger partial charge in [-0.2, -0.15) is 0 Å². The number of hydrogen-bond donors (Lipinski definition) is 2. The van der Waals surface area contributed by atoms with Gasteiger partial charge in [0.15, 0.2) is 5.78 Å². The maximum atomic E-state index is 12.2. The highest BCUT2D eigenvalue weighted by Gasteiger charge is 2.20. The number of Topliss-reactive ketones (excluding diaryl/α,β-unsaturated/α-hetero) is 1. The van der Waals surface area contributed by atoms with Crippen molar-refractivity contribution in [1.29, 1.82) is 0 Å². The van der Waals surface area contributed by atoms with Gasteiger partial charge in [-0.1, -0.05) is 31.9 Å². The average Bonchev–Trinajstić information content (AvgIpc) is 3.03. The van der Waals surface area contributed by atoms with Crippen molar-refractivity contribution in [2.45, 2.75) is 64.3 Å². The molecule has 0 fully saturated rings. The first kappa shape index (κ1) is 18.2. The van der Waals surface area contributed by atoms with Crippen LogP contribution in [0.1, 0.15) is 66.9 Å². The lowest BCUT2D eigenvalue weighted by Crippen LogP contribution is -2.40. The summed E-state index contributed by atoms with van der Waals surface area (Å²) in [6, 6.07) is 4.89. The Hall–Kier alpha value is -2.17. The van der Waals surface area contributed by atoms with Crippen LogP contribution >= 0.6 is 0 Å². The van der Waals surface area contributed by atoms with Gasteiger partial charge < -0.3 is 10.4 Å². The molecule has 0 bridgehead atoms. The Bertz CT molecular complexity index is 624. The fraction of sp³-hybridized carbons (Fsp3) is 0.526. The van der Waals surface area contributed by atoms with Gasteiger partial charge in [0.1, 0.15) is 6.04 Å². The van der Waals surface area contributed by atoms with Crippen LogP contribution in [-0.2, 0) is 22.4 Å². The Morgan fingerprint density at radius 3 is 2.62 bits per heavy atom. The predicted molar refractivity (Wildman–Crippen MR) is 91.1 cm³/mol. The number of amides is 1. The molecule has 0 unspecified atom stereocenters. The van der Waals surface area contributed by atoms with Crippen molar-refractivity contribution < 1.29 is 19.5 Å². The van der Waals surface area contributed by atoms with Crippen molar-refractivity contribution in [2.75, 3.05) is 0 Å². The summed E-state index contributed by atoms with van der Waals surface area (Å²) in [6.07, 6.45) is 5.35. The van der Waals surface area contributed by atoms with Gasteiger partial charge >= 0.3 is 5.97 Å². The van der Waals surface area contributed by atoms with Gasteiger partial charge in [-0.3, -0.25) is 9.59 Å². The zero-order valence-corrected chi connectivity index (χ0v) is 14.1. The van der Waals surface area contributed by atoms with E-state index >= 15 is 0 Å². The normalized spacial score (nSPS) is 14.0. The first-order valence-corrected chi connectivity index (χ1v) is 8.68. The number of fused-ring (bicyclic) bond motifs is 1. The number of hydrogen-bond acceptors (Lipinski definition) is 3. The second-order valence-corrected chi connectivity index (χ2v) is 6.36. The Labute approximate surface area is 142 Å². The predicted octanol–water partition coefficient (Wildman–Crippen LogP) is 2.90. The zero-order valence-electron chi connectivity index (χ0n) is 14.1. The number of carboxylic acid groups (broad SMARTS) is 1. The standard InChI is InChI=1S/C19H25NO4/c1-2-3-7-16(19(23)24)20-18(22)11-10-17(21)15-9-8-13-5-4-6-14(13)12-15/h8-9,12,16H,2-7,10-11H2,1H3,(H,20,22)(H,23,24)/t16-/m0/s1. The molecule has 0 aromatic heterocycles. The highest BCUT2D eigenvalue weighted by Crippen LogP contribution is 2.23. The van der Waals surface area contributed by atoms with Crippen LogP contribution < -0.4 is 5.32 Å². The molecule has 1 aliphatic rings. The number of carbonyl (C=O) groups excluding carboxylic acids is 2. The molecule has 2 N–H and O–H groups in total. The third-order valence-electron chi connectivity index (χ3n) is 4.48. The van der Waals surface area contributed by atoms with E-state index in [0.29, 0.717) is 12.0 Å². The van der Waals surface area contributed by atoms with Gasteiger partial charge in [-0.25, -0.2) is 4.79 Å². The number of aliphatic carboxylic acids is 1. The third-order valence-corrected chi connectivity index (χ3v) is 4.48.